The van der Waals surface area contributed by atoms with Gasteiger partial charge in [0.15, 0.2) is 5.65 Å². The molecule has 1 aliphatic heterocycles. The van der Waals surface area contributed by atoms with Crippen molar-refractivity contribution in [3.63, 3.8) is 0 Å². The lowest BCUT2D eigenvalue weighted by Crippen LogP contribution is -2.44. The summed E-state index contributed by atoms with van der Waals surface area (Å²) in [6, 6.07) is 10.6. The lowest BCUT2D eigenvalue weighted by atomic mass is 9.83. The lowest BCUT2D eigenvalue weighted by molar-refractivity contribution is 0.234. The van der Waals surface area contributed by atoms with Crippen molar-refractivity contribution in [1.82, 2.24) is 30.1 Å². The van der Waals surface area contributed by atoms with Crippen LogP contribution in [-0.2, 0) is 0 Å². The van der Waals surface area contributed by atoms with Gasteiger partial charge in [-0.3, -0.25) is 0 Å². The van der Waals surface area contributed by atoms with E-state index in [1.54, 1.807) is 7.11 Å². The van der Waals surface area contributed by atoms with E-state index >= 15 is 0 Å². The number of aryl methyl sites for hydroxylation is 1. The summed E-state index contributed by atoms with van der Waals surface area (Å²) in [5.41, 5.74) is 6.93. The van der Waals surface area contributed by atoms with Gasteiger partial charge in [0.25, 0.3) is 0 Å². The monoisotopic (exact) mass is 472 g/mol. The predicted molar refractivity (Wildman–Crippen MR) is 141 cm³/mol. The Balaban J connectivity index is 1.25. The molecule has 5 rings (SSSR count). The third-order valence-electron chi connectivity index (χ3n) is 7.47. The summed E-state index contributed by atoms with van der Waals surface area (Å²) in [7, 11) is 1.70. The number of nitrogens with one attached hydrogen (secondary N) is 2. The minimum Gasteiger partial charge on any atom is -0.496 e. The van der Waals surface area contributed by atoms with Crippen molar-refractivity contribution in [2.45, 2.75) is 38.6 Å². The number of fused-ring (bicyclic) bond motifs is 1. The van der Waals surface area contributed by atoms with Crippen molar-refractivity contribution in [2.75, 3.05) is 33.3 Å². The van der Waals surface area contributed by atoms with Crippen LogP contribution >= 0.6 is 0 Å². The van der Waals surface area contributed by atoms with Gasteiger partial charge in [-0.2, -0.15) is 5.10 Å². The van der Waals surface area contributed by atoms with E-state index in [1.165, 1.54) is 18.5 Å². The van der Waals surface area contributed by atoms with Gasteiger partial charge < -0.3 is 20.3 Å². The molecular weight excluding hydrogens is 436 g/mol. The first-order chi connectivity index (χ1) is 17.0. The molecule has 0 atom stereocenters. The number of aromatic nitrogens is 3. The first kappa shape index (κ1) is 23.4. The zero-order valence-electron chi connectivity index (χ0n) is 20.9. The Hall–Kier alpha value is -3.32. The molecule has 2 aliphatic rings. The maximum absolute atomic E-state index is 5.52. The van der Waals surface area contributed by atoms with Gasteiger partial charge in [-0.15, -0.1) is 0 Å². The van der Waals surface area contributed by atoms with Crippen molar-refractivity contribution in [3.05, 3.63) is 66.6 Å². The fourth-order valence-corrected chi connectivity index (χ4v) is 5.34. The Morgan fingerprint density at radius 1 is 1.09 bits per heavy atom. The van der Waals surface area contributed by atoms with E-state index in [0.717, 1.165) is 78.6 Å². The SMILES string of the molecule is C=C(NC1CCC(C(=C)N2CCNCC2)CC1)c1cc2nccc(-c3ccc(C)c(OC)c3)n2n1. The number of benzene rings is 1. The van der Waals surface area contributed by atoms with Crippen LogP contribution < -0.4 is 15.4 Å². The maximum Gasteiger partial charge on any atom is 0.156 e. The molecule has 1 saturated carbocycles. The largest absolute Gasteiger partial charge is 0.496 e. The van der Waals surface area contributed by atoms with Gasteiger partial charge in [0.05, 0.1) is 18.5 Å². The van der Waals surface area contributed by atoms with Crippen molar-refractivity contribution >= 4 is 11.3 Å². The summed E-state index contributed by atoms with van der Waals surface area (Å²) in [4.78, 5) is 7.00. The van der Waals surface area contributed by atoms with E-state index in [2.05, 4.69) is 45.8 Å². The van der Waals surface area contributed by atoms with Crippen molar-refractivity contribution in [2.24, 2.45) is 5.92 Å². The minimum atomic E-state index is 0.410. The summed E-state index contributed by atoms with van der Waals surface area (Å²) in [5, 5.41) is 11.9. The van der Waals surface area contributed by atoms with Crippen LogP contribution in [0.1, 0.15) is 36.9 Å². The van der Waals surface area contributed by atoms with Crippen LogP contribution in [0.25, 0.3) is 22.6 Å². The molecule has 2 aromatic heterocycles. The van der Waals surface area contributed by atoms with Crippen LogP contribution in [0, 0.1) is 12.8 Å². The molecule has 1 aliphatic carbocycles. The summed E-state index contributed by atoms with van der Waals surface area (Å²) in [6.07, 6.45) is 6.40. The van der Waals surface area contributed by atoms with Crippen molar-refractivity contribution < 1.29 is 4.74 Å². The third-order valence-corrected chi connectivity index (χ3v) is 7.47. The number of hydrogen-bond acceptors (Lipinski definition) is 6. The van der Waals surface area contributed by atoms with Gasteiger partial charge in [0.1, 0.15) is 11.4 Å². The fraction of sp³-hybridized carbons (Fsp3) is 0.429. The molecule has 3 heterocycles. The van der Waals surface area contributed by atoms with Gasteiger partial charge in [-0.1, -0.05) is 25.3 Å². The molecule has 3 aromatic rings. The highest BCUT2D eigenvalue weighted by Gasteiger charge is 2.26. The molecule has 0 bridgehead atoms. The molecule has 0 unspecified atom stereocenters. The number of nitrogens with zero attached hydrogens (tertiary/aromatic N) is 4. The summed E-state index contributed by atoms with van der Waals surface area (Å²) in [6.45, 7) is 15.1. The summed E-state index contributed by atoms with van der Waals surface area (Å²) in [5.74, 6) is 1.45. The van der Waals surface area contributed by atoms with Crippen LogP contribution in [0.15, 0.2) is 55.4 Å². The van der Waals surface area contributed by atoms with E-state index < -0.39 is 0 Å². The number of methoxy groups -OCH3 is 1. The molecule has 0 amide bonds. The topological polar surface area (TPSA) is 66.7 Å². The fourth-order valence-electron chi connectivity index (χ4n) is 5.34. The number of rotatable bonds is 7. The average Bonchev–Trinajstić information content (AvgIpc) is 3.34. The van der Waals surface area contributed by atoms with Crippen molar-refractivity contribution in [1.29, 1.82) is 0 Å². The number of hydrogen-bond donors (Lipinski definition) is 2. The van der Waals surface area contributed by atoms with E-state index in [-0.39, 0.29) is 0 Å². The molecule has 1 aromatic carbocycles. The third kappa shape index (κ3) is 4.91. The van der Waals surface area contributed by atoms with Gasteiger partial charge >= 0.3 is 0 Å². The first-order valence-corrected chi connectivity index (χ1v) is 12.6. The standard InChI is InChI=1S/C28H36N6O/c1-19-5-6-23(17-27(19)35-4)26-11-12-30-28-18-25(32-34(26)28)20(2)31-24-9-7-22(8-10-24)21(3)33-15-13-29-14-16-33/h5-6,11-12,17-18,22,24,29,31H,2-3,7-10,13-16H2,1,4H3. The molecule has 184 valence electrons. The molecule has 2 fully saturated rings. The highest BCUT2D eigenvalue weighted by atomic mass is 16.5. The van der Waals surface area contributed by atoms with E-state index in [1.807, 2.05) is 35.8 Å². The van der Waals surface area contributed by atoms with Crippen LogP contribution in [0.5, 0.6) is 5.75 Å². The molecule has 2 N–H and O–H groups in total. The Morgan fingerprint density at radius 3 is 2.60 bits per heavy atom. The Kier molecular flexibility index (Phi) is 6.77. The highest BCUT2D eigenvalue weighted by Crippen LogP contribution is 2.32. The highest BCUT2D eigenvalue weighted by molar-refractivity contribution is 5.68. The van der Waals surface area contributed by atoms with Gasteiger partial charge in [0.2, 0.25) is 0 Å². The number of piperazine rings is 1. The zero-order chi connectivity index (χ0) is 24.4. The first-order valence-electron chi connectivity index (χ1n) is 12.6. The molecule has 7 nitrogen and oxygen atoms in total. The van der Waals surface area contributed by atoms with Crippen molar-refractivity contribution in [3.8, 4) is 17.0 Å². The molecule has 1 saturated heterocycles. The van der Waals surface area contributed by atoms with E-state index in [0.29, 0.717) is 12.0 Å². The second-order valence-corrected chi connectivity index (χ2v) is 9.71. The second kappa shape index (κ2) is 10.1. The number of allylic oxidation sites excluding steroid dienone is 1. The van der Waals surface area contributed by atoms with Gasteiger partial charge in [-0.25, -0.2) is 9.50 Å². The zero-order valence-corrected chi connectivity index (χ0v) is 20.9. The van der Waals surface area contributed by atoms with Gasteiger partial charge in [-0.05, 0) is 56.2 Å². The molecular formula is C28H36N6O. The molecule has 35 heavy (non-hydrogen) atoms. The van der Waals surface area contributed by atoms with E-state index in [4.69, 9.17) is 9.84 Å². The molecule has 0 radical (unpaired) electrons. The smallest absolute Gasteiger partial charge is 0.156 e. The Bertz CT molecular complexity index is 1220. The summed E-state index contributed by atoms with van der Waals surface area (Å²) < 4.78 is 7.41. The lowest BCUT2D eigenvalue weighted by Gasteiger charge is -2.38. The Morgan fingerprint density at radius 2 is 1.86 bits per heavy atom. The normalized spacial score (nSPS) is 20.6. The summed E-state index contributed by atoms with van der Waals surface area (Å²) >= 11 is 0. The van der Waals surface area contributed by atoms with E-state index in [9.17, 15) is 0 Å². The predicted octanol–water partition coefficient (Wildman–Crippen LogP) is 4.25. The minimum absolute atomic E-state index is 0.410. The number of ether oxygens (including phenoxy) is 1. The molecule has 7 heteroatoms. The van der Waals surface area contributed by atoms with Crippen LogP contribution in [0.2, 0.25) is 0 Å². The Labute approximate surface area is 207 Å². The maximum atomic E-state index is 5.52. The van der Waals surface area contributed by atoms with Crippen LogP contribution in [0.3, 0.4) is 0 Å². The second-order valence-electron chi connectivity index (χ2n) is 9.71. The van der Waals surface area contributed by atoms with Crippen LogP contribution in [0.4, 0.5) is 0 Å². The average molecular weight is 473 g/mol. The van der Waals surface area contributed by atoms with Gasteiger partial charge in [0, 0.05) is 55.7 Å². The quantitative estimate of drug-likeness (QED) is 0.536. The van der Waals surface area contributed by atoms with Crippen LogP contribution in [-0.4, -0.2) is 58.8 Å². The molecule has 0 spiro atoms.